The average Bonchev–Trinajstić information content (AvgIpc) is 2.30. The van der Waals surface area contributed by atoms with Gasteiger partial charge in [0.2, 0.25) is 5.91 Å². The molecule has 0 aliphatic carbocycles. The van der Waals surface area contributed by atoms with Gasteiger partial charge < -0.3 is 11.1 Å². The molecule has 0 saturated heterocycles. The Bertz CT molecular complexity index is 324. The van der Waals surface area contributed by atoms with Crippen molar-refractivity contribution in [3.63, 3.8) is 0 Å². The Morgan fingerprint density at radius 2 is 2.06 bits per heavy atom. The van der Waals surface area contributed by atoms with Crippen molar-refractivity contribution >= 4 is 5.91 Å². The minimum atomic E-state index is -0.00303. The molecule has 1 rings (SSSR count). The van der Waals surface area contributed by atoms with Gasteiger partial charge in [0.1, 0.15) is 0 Å². The highest BCUT2D eigenvalue weighted by Crippen LogP contribution is 2.00. The molecule has 1 unspecified atom stereocenters. The van der Waals surface area contributed by atoms with Gasteiger partial charge in [0.05, 0.1) is 0 Å². The Kier molecular flexibility index (Phi) is 6.33. The van der Waals surface area contributed by atoms with Gasteiger partial charge in [-0.2, -0.15) is 0 Å². The van der Waals surface area contributed by atoms with E-state index < -0.39 is 0 Å². The van der Waals surface area contributed by atoms with Crippen LogP contribution in [0.15, 0.2) is 30.3 Å². The van der Waals surface area contributed by atoms with Gasteiger partial charge in [-0.15, -0.1) is 0 Å². The molecule has 0 aliphatic heterocycles. The van der Waals surface area contributed by atoms with Crippen molar-refractivity contribution in [3.05, 3.63) is 35.9 Å². The van der Waals surface area contributed by atoms with Crippen LogP contribution in [0.4, 0.5) is 0 Å². The SMILES string of the molecule is CCCC(N)CC(=O)NCCc1ccccc1. The number of carbonyl (C=O) groups excluding carboxylic acids is 1. The predicted molar refractivity (Wildman–Crippen MR) is 70.7 cm³/mol. The maximum absolute atomic E-state index is 11.5. The van der Waals surface area contributed by atoms with E-state index in [1.807, 2.05) is 18.2 Å². The van der Waals surface area contributed by atoms with E-state index >= 15 is 0 Å². The highest BCUT2D eigenvalue weighted by molar-refractivity contribution is 5.76. The monoisotopic (exact) mass is 234 g/mol. The zero-order chi connectivity index (χ0) is 12.5. The van der Waals surface area contributed by atoms with Crippen molar-refractivity contribution in [1.82, 2.24) is 5.32 Å². The third kappa shape index (κ3) is 6.07. The van der Waals surface area contributed by atoms with E-state index in [4.69, 9.17) is 5.73 Å². The molecule has 1 aromatic carbocycles. The maximum atomic E-state index is 11.5. The van der Waals surface area contributed by atoms with E-state index in [9.17, 15) is 4.79 Å². The molecule has 0 fully saturated rings. The van der Waals surface area contributed by atoms with E-state index in [0.717, 1.165) is 19.3 Å². The Hall–Kier alpha value is -1.35. The lowest BCUT2D eigenvalue weighted by Crippen LogP contribution is -2.32. The Balaban J connectivity index is 2.16. The minimum absolute atomic E-state index is 0.00303. The molecule has 0 radical (unpaired) electrons. The summed E-state index contributed by atoms with van der Waals surface area (Å²) in [6, 6.07) is 10.1. The maximum Gasteiger partial charge on any atom is 0.221 e. The Labute approximate surface area is 103 Å². The van der Waals surface area contributed by atoms with Crippen molar-refractivity contribution in [2.45, 2.75) is 38.6 Å². The van der Waals surface area contributed by atoms with E-state index in [1.54, 1.807) is 0 Å². The summed E-state index contributed by atoms with van der Waals surface area (Å²) in [6.07, 6.45) is 3.24. The second-order valence-electron chi connectivity index (χ2n) is 4.34. The molecule has 0 aromatic heterocycles. The number of rotatable bonds is 7. The van der Waals surface area contributed by atoms with Gasteiger partial charge in [-0.05, 0) is 18.4 Å². The summed E-state index contributed by atoms with van der Waals surface area (Å²) in [6.45, 7) is 2.76. The number of benzene rings is 1. The number of carbonyl (C=O) groups is 1. The summed E-state index contributed by atoms with van der Waals surface area (Å²) in [5.41, 5.74) is 7.05. The molecule has 3 N–H and O–H groups in total. The predicted octanol–water partition coefficient (Wildman–Crippen LogP) is 1.86. The summed E-state index contributed by atoms with van der Waals surface area (Å²) in [5, 5.41) is 2.90. The minimum Gasteiger partial charge on any atom is -0.356 e. The lowest BCUT2D eigenvalue weighted by Gasteiger charge is -2.10. The highest BCUT2D eigenvalue weighted by Gasteiger charge is 2.07. The van der Waals surface area contributed by atoms with Crippen LogP contribution in [-0.4, -0.2) is 18.5 Å². The van der Waals surface area contributed by atoms with Crippen LogP contribution in [0.2, 0.25) is 0 Å². The van der Waals surface area contributed by atoms with Gasteiger partial charge >= 0.3 is 0 Å². The molecule has 0 spiro atoms. The molecular weight excluding hydrogens is 212 g/mol. The van der Waals surface area contributed by atoms with Crippen LogP contribution in [0.1, 0.15) is 31.7 Å². The summed E-state index contributed by atoms with van der Waals surface area (Å²) in [7, 11) is 0. The van der Waals surface area contributed by atoms with Crippen molar-refractivity contribution in [2.75, 3.05) is 6.54 Å². The summed E-state index contributed by atoms with van der Waals surface area (Å²) >= 11 is 0. The van der Waals surface area contributed by atoms with Crippen molar-refractivity contribution in [1.29, 1.82) is 0 Å². The first-order valence-corrected chi connectivity index (χ1v) is 6.28. The number of hydrogen-bond donors (Lipinski definition) is 2. The van der Waals surface area contributed by atoms with Crippen LogP contribution < -0.4 is 11.1 Å². The van der Waals surface area contributed by atoms with Gasteiger partial charge in [-0.1, -0.05) is 43.7 Å². The van der Waals surface area contributed by atoms with Crippen LogP contribution in [0.5, 0.6) is 0 Å². The van der Waals surface area contributed by atoms with E-state index in [0.29, 0.717) is 13.0 Å². The second kappa shape index (κ2) is 7.85. The summed E-state index contributed by atoms with van der Waals surface area (Å²) in [5.74, 6) is 0.0573. The van der Waals surface area contributed by atoms with Gasteiger partial charge in [-0.3, -0.25) is 4.79 Å². The van der Waals surface area contributed by atoms with Crippen LogP contribution in [0, 0.1) is 0 Å². The molecule has 0 heterocycles. The highest BCUT2D eigenvalue weighted by atomic mass is 16.1. The third-order valence-electron chi connectivity index (χ3n) is 2.69. The number of nitrogens with one attached hydrogen (secondary N) is 1. The van der Waals surface area contributed by atoms with E-state index in [2.05, 4.69) is 24.4 Å². The number of nitrogens with two attached hydrogens (primary N) is 1. The Morgan fingerprint density at radius 1 is 1.35 bits per heavy atom. The molecule has 0 aliphatic rings. The summed E-state index contributed by atoms with van der Waals surface area (Å²) in [4.78, 5) is 11.5. The molecule has 0 bridgehead atoms. The lowest BCUT2D eigenvalue weighted by molar-refractivity contribution is -0.121. The van der Waals surface area contributed by atoms with Gasteiger partial charge in [0.25, 0.3) is 0 Å². The van der Waals surface area contributed by atoms with Crippen LogP contribution in [0.3, 0.4) is 0 Å². The van der Waals surface area contributed by atoms with Crippen molar-refractivity contribution in [3.8, 4) is 0 Å². The Morgan fingerprint density at radius 3 is 2.71 bits per heavy atom. The topological polar surface area (TPSA) is 55.1 Å². The molecule has 1 aromatic rings. The molecule has 3 heteroatoms. The lowest BCUT2D eigenvalue weighted by atomic mass is 10.1. The molecule has 1 amide bonds. The van der Waals surface area contributed by atoms with E-state index in [1.165, 1.54) is 5.56 Å². The van der Waals surface area contributed by atoms with Crippen LogP contribution >= 0.6 is 0 Å². The molecule has 94 valence electrons. The van der Waals surface area contributed by atoms with Gasteiger partial charge in [0.15, 0.2) is 0 Å². The number of amides is 1. The third-order valence-corrected chi connectivity index (χ3v) is 2.69. The fourth-order valence-electron chi connectivity index (χ4n) is 1.77. The zero-order valence-electron chi connectivity index (χ0n) is 10.5. The standard InChI is InChI=1S/C14H22N2O/c1-2-6-13(15)11-14(17)16-10-9-12-7-4-3-5-8-12/h3-5,7-8,13H,2,6,9-11,15H2,1H3,(H,16,17). The van der Waals surface area contributed by atoms with Crippen molar-refractivity contribution < 1.29 is 4.79 Å². The average molecular weight is 234 g/mol. The molecule has 17 heavy (non-hydrogen) atoms. The van der Waals surface area contributed by atoms with Crippen LogP contribution in [-0.2, 0) is 11.2 Å². The van der Waals surface area contributed by atoms with Crippen LogP contribution in [0.25, 0.3) is 0 Å². The smallest absolute Gasteiger partial charge is 0.221 e. The largest absolute Gasteiger partial charge is 0.356 e. The normalized spacial score (nSPS) is 12.1. The van der Waals surface area contributed by atoms with E-state index in [-0.39, 0.29) is 11.9 Å². The molecule has 0 saturated carbocycles. The second-order valence-corrected chi connectivity index (χ2v) is 4.34. The fraction of sp³-hybridized carbons (Fsp3) is 0.500. The molecule has 3 nitrogen and oxygen atoms in total. The molecular formula is C14H22N2O. The quantitative estimate of drug-likeness (QED) is 0.756. The fourth-order valence-corrected chi connectivity index (χ4v) is 1.77. The number of hydrogen-bond acceptors (Lipinski definition) is 2. The first-order chi connectivity index (χ1) is 8.22. The van der Waals surface area contributed by atoms with Gasteiger partial charge in [-0.25, -0.2) is 0 Å². The van der Waals surface area contributed by atoms with Gasteiger partial charge in [0, 0.05) is 19.0 Å². The first kappa shape index (κ1) is 13.7. The summed E-state index contributed by atoms with van der Waals surface area (Å²) < 4.78 is 0. The van der Waals surface area contributed by atoms with Crippen molar-refractivity contribution in [2.24, 2.45) is 5.73 Å². The molecule has 1 atom stereocenters. The first-order valence-electron chi connectivity index (χ1n) is 6.28. The zero-order valence-corrected chi connectivity index (χ0v) is 10.5.